The third-order valence-electron chi connectivity index (χ3n) is 6.48. The fourth-order valence-electron chi connectivity index (χ4n) is 4.39. The number of carbonyl (C=O) groups is 3. The van der Waals surface area contributed by atoms with Crippen LogP contribution >= 0.6 is 0 Å². The van der Waals surface area contributed by atoms with Crippen LogP contribution in [0.4, 0.5) is 23.4 Å². The Morgan fingerprint density at radius 3 is 2.36 bits per heavy atom. The zero-order chi connectivity index (χ0) is 30.7. The normalized spacial score (nSPS) is 13.0. The maximum atomic E-state index is 14.8. The largest absolute Gasteiger partial charge is 0.490 e. The number of carbonyl (C=O) groups excluding carboxylic acids is 1. The molecular formula is C30H31F4N3O5. The Kier molecular flexibility index (Phi) is 11.4. The van der Waals surface area contributed by atoms with Crippen LogP contribution in [0, 0.1) is 5.82 Å². The molecule has 1 atom stereocenters. The van der Waals surface area contributed by atoms with E-state index in [0.717, 1.165) is 49.3 Å². The van der Waals surface area contributed by atoms with Gasteiger partial charge in [-0.2, -0.15) is 13.2 Å². The quantitative estimate of drug-likeness (QED) is 0.171. The second-order valence-corrected chi connectivity index (χ2v) is 9.67. The predicted molar refractivity (Wildman–Crippen MR) is 147 cm³/mol. The molecule has 0 aliphatic carbocycles. The summed E-state index contributed by atoms with van der Waals surface area (Å²) in [5.74, 6) is -3.55. The molecule has 0 spiro atoms. The van der Waals surface area contributed by atoms with Gasteiger partial charge in [0.05, 0.1) is 12.5 Å². The number of nitrogens with one attached hydrogen (secondary N) is 2. The van der Waals surface area contributed by atoms with E-state index in [1.54, 1.807) is 12.1 Å². The lowest BCUT2D eigenvalue weighted by molar-refractivity contribution is -0.192. The van der Waals surface area contributed by atoms with Gasteiger partial charge in [0.1, 0.15) is 11.6 Å². The Hall–Kier alpha value is -4.48. The number of halogens is 4. The van der Waals surface area contributed by atoms with Gasteiger partial charge in [0.15, 0.2) is 0 Å². The van der Waals surface area contributed by atoms with Crippen LogP contribution in [0.5, 0.6) is 0 Å². The molecule has 0 unspecified atom stereocenters. The summed E-state index contributed by atoms with van der Waals surface area (Å²) in [7, 11) is 0. The lowest BCUT2D eigenvalue weighted by atomic mass is 9.98. The zero-order valence-corrected chi connectivity index (χ0v) is 22.6. The molecule has 0 saturated carbocycles. The number of aliphatic carboxylic acids is 2. The van der Waals surface area contributed by atoms with Crippen molar-refractivity contribution in [2.75, 3.05) is 11.9 Å². The molecule has 2 heterocycles. The number of hydrogen-bond donors (Lipinski definition) is 4. The van der Waals surface area contributed by atoms with Crippen LogP contribution in [0.25, 0.3) is 11.1 Å². The van der Waals surface area contributed by atoms with E-state index in [1.807, 2.05) is 36.4 Å². The van der Waals surface area contributed by atoms with Crippen LogP contribution in [-0.2, 0) is 27.2 Å². The molecule has 4 N–H and O–H groups in total. The number of rotatable bonds is 10. The average Bonchev–Trinajstić information content (AvgIpc) is 2.95. The number of alkyl halides is 3. The summed E-state index contributed by atoms with van der Waals surface area (Å²) in [6.45, 7) is 0.944. The Balaban J connectivity index is 0.000000616. The number of carboxylic acid groups (broad SMARTS) is 2. The Labute approximate surface area is 239 Å². The van der Waals surface area contributed by atoms with Crippen LogP contribution in [0.15, 0.2) is 60.7 Å². The Morgan fingerprint density at radius 2 is 1.71 bits per heavy atom. The van der Waals surface area contributed by atoms with E-state index in [9.17, 15) is 32.3 Å². The lowest BCUT2D eigenvalue weighted by Gasteiger charge is -2.19. The number of benzene rings is 2. The minimum absolute atomic E-state index is 0.246. The minimum Gasteiger partial charge on any atom is -0.481 e. The van der Waals surface area contributed by atoms with Crippen LogP contribution in [0.1, 0.15) is 55.0 Å². The monoisotopic (exact) mass is 589 g/mol. The number of unbranched alkanes of at least 4 members (excludes halogenated alkanes) is 1. The van der Waals surface area contributed by atoms with Gasteiger partial charge in [0, 0.05) is 24.2 Å². The van der Waals surface area contributed by atoms with Crippen LogP contribution in [-0.4, -0.2) is 45.8 Å². The van der Waals surface area contributed by atoms with Crippen LogP contribution < -0.4 is 10.6 Å². The number of amides is 1. The van der Waals surface area contributed by atoms with E-state index in [-0.39, 0.29) is 18.7 Å². The average molecular weight is 590 g/mol. The number of anilines is 1. The number of fused-ring (bicyclic) bond motifs is 1. The second kappa shape index (κ2) is 14.9. The molecule has 42 heavy (non-hydrogen) atoms. The summed E-state index contributed by atoms with van der Waals surface area (Å²) in [6.07, 6.45) is -0.747. The summed E-state index contributed by atoms with van der Waals surface area (Å²) in [4.78, 5) is 37.5. The van der Waals surface area contributed by atoms with Gasteiger partial charge in [-0.25, -0.2) is 14.2 Å². The fraction of sp³-hybridized carbons (Fsp3) is 0.333. The SMILES string of the molecule is O=C(O)C(F)(F)F.O=C(O)C[C@H](NC(=O)CCCCc1ccc2c(n1)NCCC2)c1ccc(-c2ccccc2)c(F)c1. The van der Waals surface area contributed by atoms with Crippen LogP contribution in [0.2, 0.25) is 0 Å². The van der Waals surface area contributed by atoms with E-state index in [4.69, 9.17) is 9.90 Å². The van der Waals surface area contributed by atoms with Crippen molar-refractivity contribution >= 4 is 23.7 Å². The van der Waals surface area contributed by atoms with Crippen LogP contribution in [0.3, 0.4) is 0 Å². The van der Waals surface area contributed by atoms with Crippen molar-refractivity contribution in [1.82, 2.24) is 10.3 Å². The molecule has 1 aliphatic heterocycles. The molecule has 0 fully saturated rings. The molecule has 0 bridgehead atoms. The summed E-state index contributed by atoms with van der Waals surface area (Å²) in [5, 5.41) is 22.6. The molecule has 0 radical (unpaired) electrons. The third-order valence-corrected chi connectivity index (χ3v) is 6.48. The minimum atomic E-state index is -5.08. The molecule has 0 saturated heterocycles. The zero-order valence-electron chi connectivity index (χ0n) is 22.6. The smallest absolute Gasteiger partial charge is 0.481 e. The van der Waals surface area contributed by atoms with Gasteiger partial charge in [-0.1, -0.05) is 48.5 Å². The molecule has 2 aromatic carbocycles. The van der Waals surface area contributed by atoms with Crippen molar-refractivity contribution in [3.05, 3.63) is 83.3 Å². The summed E-state index contributed by atoms with van der Waals surface area (Å²) in [5.41, 5.74) is 3.84. The summed E-state index contributed by atoms with van der Waals surface area (Å²) in [6, 6.07) is 17.1. The number of aryl methyl sites for hydroxylation is 2. The highest BCUT2D eigenvalue weighted by atomic mass is 19.4. The number of aromatic nitrogens is 1. The first kappa shape index (κ1) is 32.0. The highest BCUT2D eigenvalue weighted by molar-refractivity contribution is 5.78. The van der Waals surface area contributed by atoms with Gasteiger partial charge in [-0.3, -0.25) is 9.59 Å². The maximum Gasteiger partial charge on any atom is 0.490 e. The van der Waals surface area contributed by atoms with Crippen molar-refractivity contribution in [1.29, 1.82) is 0 Å². The topological polar surface area (TPSA) is 129 Å². The van der Waals surface area contributed by atoms with Gasteiger partial charge in [0.2, 0.25) is 5.91 Å². The number of carboxylic acids is 2. The molecule has 1 amide bonds. The van der Waals surface area contributed by atoms with Crippen molar-refractivity contribution in [2.24, 2.45) is 0 Å². The standard InChI is InChI=1S/C28H30FN3O3.C2HF3O2/c29-24-17-21(13-15-23(24)19-7-2-1-3-8-19)25(18-27(34)35)32-26(33)11-5-4-10-22-14-12-20-9-6-16-30-28(20)31-22;3-2(4,5)1(6)7/h1-3,7-8,12-15,17,25H,4-6,9-11,16,18H2,(H,30,31)(H,32,33)(H,34,35);(H,6,7)/t25-;/m0./s1. The highest BCUT2D eigenvalue weighted by Gasteiger charge is 2.38. The molecule has 224 valence electrons. The first-order valence-corrected chi connectivity index (χ1v) is 13.3. The van der Waals surface area contributed by atoms with Crippen molar-refractivity contribution in [3.63, 3.8) is 0 Å². The van der Waals surface area contributed by atoms with Crippen molar-refractivity contribution in [2.45, 2.75) is 57.2 Å². The number of hydrogen-bond acceptors (Lipinski definition) is 5. The predicted octanol–water partition coefficient (Wildman–Crippen LogP) is 5.92. The highest BCUT2D eigenvalue weighted by Crippen LogP contribution is 2.27. The molecule has 1 aliphatic rings. The second-order valence-electron chi connectivity index (χ2n) is 9.67. The molecule has 4 rings (SSSR count). The van der Waals surface area contributed by atoms with E-state index < -0.39 is 30.0 Å². The van der Waals surface area contributed by atoms with E-state index in [2.05, 4.69) is 21.7 Å². The lowest BCUT2D eigenvalue weighted by Crippen LogP contribution is -2.30. The molecule has 1 aromatic heterocycles. The van der Waals surface area contributed by atoms with Gasteiger partial charge >= 0.3 is 18.1 Å². The van der Waals surface area contributed by atoms with E-state index in [0.29, 0.717) is 17.5 Å². The summed E-state index contributed by atoms with van der Waals surface area (Å²) >= 11 is 0. The molecule has 3 aromatic rings. The maximum absolute atomic E-state index is 14.8. The Bertz CT molecular complexity index is 1380. The summed E-state index contributed by atoms with van der Waals surface area (Å²) < 4.78 is 46.6. The van der Waals surface area contributed by atoms with Crippen molar-refractivity contribution in [3.8, 4) is 11.1 Å². The number of pyridine rings is 1. The first-order valence-electron chi connectivity index (χ1n) is 13.3. The van der Waals surface area contributed by atoms with Gasteiger partial charge in [-0.05, 0) is 60.9 Å². The van der Waals surface area contributed by atoms with E-state index in [1.165, 1.54) is 11.6 Å². The van der Waals surface area contributed by atoms with Gasteiger partial charge in [0.25, 0.3) is 0 Å². The molecular weight excluding hydrogens is 558 g/mol. The number of nitrogens with zero attached hydrogens (tertiary/aromatic N) is 1. The first-order chi connectivity index (χ1) is 19.9. The van der Waals surface area contributed by atoms with Gasteiger partial charge in [-0.15, -0.1) is 0 Å². The van der Waals surface area contributed by atoms with Gasteiger partial charge < -0.3 is 20.8 Å². The fourth-order valence-corrected chi connectivity index (χ4v) is 4.39. The Morgan fingerprint density at radius 1 is 1.00 bits per heavy atom. The third kappa shape index (κ3) is 9.86. The molecule has 8 nitrogen and oxygen atoms in total. The van der Waals surface area contributed by atoms with E-state index >= 15 is 0 Å². The van der Waals surface area contributed by atoms with Crippen molar-refractivity contribution < 1.29 is 42.2 Å². The molecule has 12 heteroatoms.